The van der Waals surface area contributed by atoms with Gasteiger partial charge in [-0.05, 0) is 14.1 Å². The van der Waals surface area contributed by atoms with E-state index in [-0.39, 0.29) is 6.54 Å². The number of nitrogens with one attached hydrogen (secondary N) is 1. The monoisotopic (exact) mass is 331 g/mol. The van der Waals surface area contributed by atoms with Crippen LogP contribution in [0.25, 0.3) is 0 Å². The predicted octanol–water partition coefficient (Wildman–Crippen LogP) is 2.56. The standard InChI is InChI=1S/C9H16N2S.C3H5NO3.C3H8/c1-7(2)9-10-8(6-12-9)5-11(3)4;5-2-4-1-3(6)7;1-3-2/h6-7H,5H2,1-4H3;2H,1H2,(H,4,5)(H,6,7);3H2,1-2H3. The molecule has 128 valence electrons. The number of carbonyl (C=O) groups is 2. The Morgan fingerprint density at radius 3 is 2.27 bits per heavy atom. The summed E-state index contributed by atoms with van der Waals surface area (Å²) in [5, 5.41) is 13.2. The molecule has 0 aromatic carbocycles. The molecule has 0 radical (unpaired) electrons. The van der Waals surface area contributed by atoms with Crippen molar-refractivity contribution in [2.24, 2.45) is 0 Å². The van der Waals surface area contributed by atoms with E-state index in [1.807, 2.05) is 5.32 Å². The van der Waals surface area contributed by atoms with Crippen molar-refractivity contribution >= 4 is 23.7 Å². The summed E-state index contributed by atoms with van der Waals surface area (Å²) < 4.78 is 0. The summed E-state index contributed by atoms with van der Waals surface area (Å²) in [7, 11) is 4.13. The van der Waals surface area contributed by atoms with Gasteiger partial charge in [-0.3, -0.25) is 9.59 Å². The van der Waals surface area contributed by atoms with E-state index in [1.165, 1.54) is 17.1 Å². The van der Waals surface area contributed by atoms with Crippen molar-refractivity contribution in [3.63, 3.8) is 0 Å². The summed E-state index contributed by atoms with van der Waals surface area (Å²) >= 11 is 1.76. The number of hydrogen-bond acceptors (Lipinski definition) is 5. The largest absolute Gasteiger partial charge is 0.480 e. The van der Waals surface area contributed by atoms with Crippen LogP contribution in [0.5, 0.6) is 0 Å². The molecule has 0 aliphatic carbocycles. The second kappa shape index (κ2) is 14.5. The van der Waals surface area contributed by atoms with Crippen molar-refractivity contribution in [2.75, 3.05) is 20.6 Å². The number of carboxylic acid groups (broad SMARTS) is 1. The van der Waals surface area contributed by atoms with Gasteiger partial charge in [0.05, 0.1) is 10.7 Å². The zero-order valence-corrected chi connectivity index (χ0v) is 15.2. The first-order chi connectivity index (χ1) is 10.3. The van der Waals surface area contributed by atoms with Crippen LogP contribution in [0.1, 0.15) is 50.7 Å². The van der Waals surface area contributed by atoms with Crippen LogP contribution in [0.2, 0.25) is 0 Å². The van der Waals surface area contributed by atoms with Crippen molar-refractivity contribution in [1.29, 1.82) is 0 Å². The first-order valence-corrected chi connectivity index (χ1v) is 8.14. The van der Waals surface area contributed by atoms with Crippen molar-refractivity contribution < 1.29 is 14.7 Å². The van der Waals surface area contributed by atoms with Gasteiger partial charge < -0.3 is 15.3 Å². The summed E-state index contributed by atoms with van der Waals surface area (Å²) in [5.74, 6) is -0.474. The molecule has 0 spiro atoms. The fourth-order valence-corrected chi connectivity index (χ4v) is 1.94. The SMILES string of the molecule is CC(C)c1nc(CN(C)C)cs1.CCC.O=CNCC(=O)O. The van der Waals surface area contributed by atoms with Crippen molar-refractivity contribution in [3.05, 3.63) is 16.1 Å². The number of rotatable bonds is 6. The minimum atomic E-state index is -1.04. The van der Waals surface area contributed by atoms with Crippen LogP contribution in [0.15, 0.2) is 5.38 Å². The fourth-order valence-electron chi connectivity index (χ4n) is 1.11. The molecule has 0 aliphatic heterocycles. The van der Waals surface area contributed by atoms with Gasteiger partial charge >= 0.3 is 5.97 Å². The third kappa shape index (κ3) is 14.9. The van der Waals surface area contributed by atoms with Gasteiger partial charge in [-0.1, -0.05) is 34.1 Å². The first-order valence-electron chi connectivity index (χ1n) is 7.26. The van der Waals surface area contributed by atoms with Crippen LogP contribution in [0.3, 0.4) is 0 Å². The maximum Gasteiger partial charge on any atom is 0.322 e. The van der Waals surface area contributed by atoms with Gasteiger partial charge in [0.15, 0.2) is 0 Å². The zero-order chi connectivity index (χ0) is 17.5. The molecular weight excluding hydrogens is 302 g/mol. The minimum Gasteiger partial charge on any atom is -0.480 e. The van der Waals surface area contributed by atoms with Gasteiger partial charge in [0.2, 0.25) is 6.41 Å². The molecule has 6 nitrogen and oxygen atoms in total. The maximum absolute atomic E-state index is 9.54. The molecule has 0 unspecified atom stereocenters. The topological polar surface area (TPSA) is 82.5 Å². The Hall–Kier alpha value is -1.47. The molecule has 0 fully saturated rings. The third-order valence-electron chi connectivity index (χ3n) is 1.88. The molecule has 1 aromatic rings. The van der Waals surface area contributed by atoms with Gasteiger partial charge in [-0.2, -0.15) is 0 Å². The Morgan fingerprint density at radius 1 is 1.45 bits per heavy atom. The molecule has 1 rings (SSSR count). The first kappa shape index (κ1) is 22.8. The summed E-state index contributed by atoms with van der Waals surface area (Å²) in [4.78, 5) is 25.5. The average Bonchev–Trinajstić information content (AvgIpc) is 2.86. The van der Waals surface area contributed by atoms with Crippen LogP contribution in [0, 0.1) is 0 Å². The lowest BCUT2D eigenvalue weighted by atomic mass is 10.2. The van der Waals surface area contributed by atoms with Crippen LogP contribution in [0.4, 0.5) is 0 Å². The fraction of sp³-hybridized carbons (Fsp3) is 0.667. The minimum absolute atomic E-state index is 0.302. The number of nitrogens with zero attached hydrogens (tertiary/aromatic N) is 2. The summed E-state index contributed by atoms with van der Waals surface area (Å²) in [5.41, 5.74) is 1.19. The highest BCUT2D eigenvalue weighted by Gasteiger charge is 2.05. The van der Waals surface area contributed by atoms with E-state index in [2.05, 4.69) is 57.1 Å². The number of amides is 1. The van der Waals surface area contributed by atoms with E-state index in [0.717, 1.165) is 6.54 Å². The van der Waals surface area contributed by atoms with Crippen molar-refractivity contribution in [3.8, 4) is 0 Å². The second-order valence-corrected chi connectivity index (χ2v) is 6.06. The van der Waals surface area contributed by atoms with E-state index in [1.54, 1.807) is 11.3 Å². The molecule has 0 bridgehead atoms. The molecule has 7 heteroatoms. The molecule has 1 aromatic heterocycles. The van der Waals surface area contributed by atoms with Gasteiger partial charge in [0, 0.05) is 17.8 Å². The quantitative estimate of drug-likeness (QED) is 0.783. The molecule has 0 saturated carbocycles. The Bertz CT molecular complexity index is 406. The summed E-state index contributed by atoms with van der Waals surface area (Å²) in [6.07, 6.45) is 1.59. The smallest absolute Gasteiger partial charge is 0.322 e. The molecule has 1 heterocycles. The molecular formula is C15H29N3O3S. The van der Waals surface area contributed by atoms with Gasteiger partial charge in [0.25, 0.3) is 0 Å². The number of hydrogen-bond donors (Lipinski definition) is 2. The Labute approximate surface area is 137 Å². The van der Waals surface area contributed by atoms with Crippen LogP contribution in [-0.2, 0) is 16.1 Å². The van der Waals surface area contributed by atoms with Crippen molar-refractivity contribution in [2.45, 2.75) is 46.6 Å². The molecule has 0 saturated heterocycles. The van der Waals surface area contributed by atoms with E-state index >= 15 is 0 Å². The number of carboxylic acids is 1. The highest BCUT2D eigenvalue weighted by Crippen LogP contribution is 2.19. The normalized spacial score (nSPS) is 9.45. The lowest BCUT2D eigenvalue weighted by Crippen LogP contribution is -2.20. The number of aliphatic carboxylic acids is 1. The number of thiazole rings is 1. The van der Waals surface area contributed by atoms with E-state index < -0.39 is 5.97 Å². The van der Waals surface area contributed by atoms with Gasteiger partial charge in [0.1, 0.15) is 6.54 Å². The third-order valence-corrected chi connectivity index (χ3v) is 3.07. The molecule has 2 N–H and O–H groups in total. The zero-order valence-electron chi connectivity index (χ0n) is 14.4. The Morgan fingerprint density at radius 2 is 2.00 bits per heavy atom. The van der Waals surface area contributed by atoms with E-state index in [4.69, 9.17) is 5.11 Å². The lowest BCUT2D eigenvalue weighted by molar-refractivity contribution is -0.136. The van der Waals surface area contributed by atoms with Crippen LogP contribution < -0.4 is 5.32 Å². The average molecular weight is 331 g/mol. The molecule has 22 heavy (non-hydrogen) atoms. The lowest BCUT2D eigenvalue weighted by Gasteiger charge is -2.05. The molecule has 0 aliphatic rings. The number of aromatic nitrogens is 1. The van der Waals surface area contributed by atoms with Gasteiger partial charge in [-0.15, -0.1) is 11.3 Å². The van der Waals surface area contributed by atoms with E-state index in [9.17, 15) is 9.59 Å². The summed E-state index contributed by atoms with van der Waals surface area (Å²) in [6, 6.07) is 0. The Balaban J connectivity index is 0. The second-order valence-electron chi connectivity index (χ2n) is 5.17. The van der Waals surface area contributed by atoms with Crippen LogP contribution in [-0.4, -0.2) is 48.0 Å². The van der Waals surface area contributed by atoms with Crippen molar-refractivity contribution in [1.82, 2.24) is 15.2 Å². The molecule has 0 atom stereocenters. The predicted molar refractivity (Wildman–Crippen MR) is 91.3 cm³/mol. The number of carbonyl (C=O) groups excluding carboxylic acids is 1. The summed E-state index contributed by atoms with van der Waals surface area (Å²) in [6.45, 7) is 9.25. The Kier molecular flexibility index (Phi) is 15.0. The molecule has 1 amide bonds. The maximum atomic E-state index is 9.54. The van der Waals surface area contributed by atoms with E-state index in [0.29, 0.717) is 12.3 Å². The van der Waals surface area contributed by atoms with Gasteiger partial charge in [-0.25, -0.2) is 4.98 Å². The van der Waals surface area contributed by atoms with Crippen LogP contribution >= 0.6 is 11.3 Å². The highest BCUT2D eigenvalue weighted by molar-refractivity contribution is 7.09. The highest BCUT2D eigenvalue weighted by atomic mass is 32.1.